The van der Waals surface area contributed by atoms with E-state index in [9.17, 15) is 0 Å². The van der Waals surface area contributed by atoms with Crippen LogP contribution in [0.1, 0.15) is 12.0 Å². The highest BCUT2D eigenvalue weighted by Crippen LogP contribution is 2.26. The average Bonchev–Trinajstić information content (AvgIpc) is 2.82. The number of pyridine rings is 1. The number of anilines is 1. The maximum Gasteiger partial charge on any atom is 0.130 e. The summed E-state index contributed by atoms with van der Waals surface area (Å²) in [7, 11) is 3.41. The summed E-state index contributed by atoms with van der Waals surface area (Å²) in [6.07, 6.45) is 2.78. The minimum Gasteiger partial charge on any atom is -0.383 e. The largest absolute Gasteiger partial charge is 0.383 e. The van der Waals surface area contributed by atoms with E-state index in [4.69, 9.17) is 14.7 Å². The molecule has 2 rings (SSSR count). The number of aromatic nitrogens is 1. The second-order valence-electron chi connectivity index (χ2n) is 4.37. The molecule has 1 aliphatic heterocycles. The topological polar surface area (TPSA) is 58.4 Å². The van der Waals surface area contributed by atoms with Crippen LogP contribution in [0.15, 0.2) is 18.3 Å². The Bertz CT molecular complexity index is 444. The van der Waals surface area contributed by atoms with Crippen LogP contribution in [0.5, 0.6) is 0 Å². The highest BCUT2D eigenvalue weighted by molar-refractivity contribution is 5.47. The molecule has 1 aromatic rings. The summed E-state index contributed by atoms with van der Waals surface area (Å²) in [6, 6.07) is 5.90. The molecule has 2 heterocycles. The van der Waals surface area contributed by atoms with Crippen LogP contribution in [0.3, 0.4) is 0 Å². The second kappa shape index (κ2) is 5.80. The molecule has 0 spiro atoms. The molecule has 0 bridgehead atoms. The summed E-state index contributed by atoms with van der Waals surface area (Å²) in [6.45, 7) is 1.42. The predicted molar refractivity (Wildman–Crippen MR) is 67.4 cm³/mol. The maximum absolute atomic E-state index is 8.93. The smallest absolute Gasteiger partial charge is 0.130 e. The lowest BCUT2D eigenvalue weighted by Crippen LogP contribution is -2.33. The third-order valence-electron chi connectivity index (χ3n) is 3.24. The van der Waals surface area contributed by atoms with Gasteiger partial charge in [-0.1, -0.05) is 0 Å². The zero-order chi connectivity index (χ0) is 13.0. The quantitative estimate of drug-likeness (QED) is 0.800. The Labute approximate surface area is 107 Å². The summed E-state index contributed by atoms with van der Waals surface area (Å²) >= 11 is 0. The fourth-order valence-electron chi connectivity index (χ4n) is 2.32. The zero-order valence-corrected chi connectivity index (χ0v) is 10.7. The first-order chi connectivity index (χ1) is 8.78. The van der Waals surface area contributed by atoms with E-state index >= 15 is 0 Å². The van der Waals surface area contributed by atoms with Crippen molar-refractivity contribution in [3.8, 4) is 6.07 Å². The van der Waals surface area contributed by atoms with Gasteiger partial charge in [-0.05, 0) is 18.6 Å². The second-order valence-corrected chi connectivity index (χ2v) is 4.37. The van der Waals surface area contributed by atoms with Gasteiger partial charge in [-0.3, -0.25) is 0 Å². The number of hydrogen-bond donors (Lipinski definition) is 0. The Morgan fingerprint density at radius 1 is 1.56 bits per heavy atom. The van der Waals surface area contributed by atoms with Gasteiger partial charge in [-0.15, -0.1) is 0 Å². The molecule has 0 amide bonds. The monoisotopic (exact) mass is 247 g/mol. The van der Waals surface area contributed by atoms with Gasteiger partial charge in [0.15, 0.2) is 0 Å². The molecule has 1 aliphatic rings. The van der Waals surface area contributed by atoms with Gasteiger partial charge in [0.2, 0.25) is 0 Å². The summed E-state index contributed by atoms with van der Waals surface area (Å²) < 4.78 is 10.6. The van der Waals surface area contributed by atoms with E-state index in [2.05, 4.69) is 16.0 Å². The average molecular weight is 247 g/mol. The number of rotatable bonds is 4. The minimum absolute atomic E-state index is 0.192. The number of nitriles is 1. The fourth-order valence-corrected chi connectivity index (χ4v) is 2.32. The number of ether oxygens (including phenoxy) is 2. The first-order valence-electron chi connectivity index (χ1n) is 5.93. The van der Waals surface area contributed by atoms with Gasteiger partial charge in [0.05, 0.1) is 30.4 Å². The highest BCUT2D eigenvalue weighted by Gasteiger charge is 2.32. The Kier molecular flexibility index (Phi) is 4.13. The molecular formula is C13H17N3O2. The van der Waals surface area contributed by atoms with Crippen LogP contribution in [0, 0.1) is 11.3 Å². The minimum atomic E-state index is 0.192. The molecule has 1 fully saturated rings. The maximum atomic E-state index is 8.93. The number of hydrogen-bond acceptors (Lipinski definition) is 5. The van der Waals surface area contributed by atoms with E-state index in [-0.39, 0.29) is 12.1 Å². The predicted octanol–water partition coefficient (Wildman–Crippen LogP) is 1.19. The van der Waals surface area contributed by atoms with Crippen LogP contribution in [0.25, 0.3) is 0 Å². The van der Waals surface area contributed by atoms with Crippen molar-refractivity contribution in [3.63, 3.8) is 0 Å². The highest BCUT2D eigenvalue weighted by atomic mass is 16.5. The van der Waals surface area contributed by atoms with E-state index in [0.29, 0.717) is 12.2 Å². The van der Waals surface area contributed by atoms with Crippen molar-refractivity contribution >= 4 is 5.82 Å². The summed E-state index contributed by atoms with van der Waals surface area (Å²) in [5, 5.41) is 8.93. The van der Waals surface area contributed by atoms with Gasteiger partial charge in [0, 0.05) is 27.0 Å². The molecule has 0 aromatic carbocycles. The van der Waals surface area contributed by atoms with Crippen molar-refractivity contribution in [3.05, 3.63) is 23.9 Å². The standard InChI is InChI=1S/C13H17N3O2/c1-17-9-11-6-12(18-2)8-16(11)13-5-10(7-14)3-4-15-13/h3-5,11-12H,6,8-9H2,1-2H3/t11-,12-/m0/s1. The molecule has 1 aromatic heterocycles. The normalized spacial score (nSPS) is 23.1. The molecule has 0 N–H and O–H groups in total. The van der Waals surface area contributed by atoms with Gasteiger partial charge in [0.25, 0.3) is 0 Å². The molecule has 2 atom stereocenters. The third-order valence-corrected chi connectivity index (χ3v) is 3.24. The van der Waals surface area contributed by atoms with Gasteiger partial charge in [0.1, 0.15) is 5.82 Å². The lowest BCUT2D eigenvalue weighted by Gasteiger charge is -2.24. The summed E-state index contributed by atoms with van der Waals surface area (Å²) in [4.78, 5) is 6.49. The fraction of sp³-hybridized carbons (Fsp3) is 0.538. The molecule has 0 radical (unpaired) electrons. The van der Waals surface area contributed by atoms with Gasteiger partial charge < -0.3 is 14.4 Å². The van der Waals surface area contributed by atoms with Crippen LogP contribution in [-0.4, -0.2) is 44.5 Å². The van der Waals surface area contributed by atoms with Gasteiger partial charge in [-0.2, -0.15) is 5.26 Å². The van der Waals surface area contributed by atoms with Crippen LogP contribution in [-0.2, 0) is 9.47 Å². The lowest BCUT2D eigenvalue weighted by molar-refractivity contribution is 0.111. The van der Waals surface area contributed by atoms with E-state index in [1.54, 1.807) is 32.5 Å². The van der Waals surface area contributed by atoms with E-state index < -0.39 is 0 Å². The van der Waals surface area contributed by atoms with Crippen LogP contribution < -0.4 is 4.90 Å². The first-order valence-corrected chi connectivity index (χ1v) is 5.93. The number of methoxy groups -OCH3 is 2. The molecule has 1 saturated heterocycles. The Balaban J connectivity index is 2.21. The van der Waals surface area contributed by atoms with Gasteiger partial charge >= 0.3 is 0 Å². The third kappa shape index (κ3) is 2.61. The molecule has 96 valence electrons. The lowest BCUT2D eigenvalue weighted by atomic mass is 10.2. The van der Waals surface area contributed by atoms with Crippen molar-refractivity contribution < 1.29 is 9.47 Å². The van der Waals surface area contributed by atoms with Crippen molar-refractivity contribution in [2.75, 3.05) is 32.3 Å². The van der Waals surface area contributed by atoms with Crippen LogP contribution in [0.4, 0.5) is 5.82 Å². The van der Waals surface area contributed by atoms with Crippen molar-refractivity contribution in [2.45, 2.75) is 18.6 Å². The van der Waals surface area contributed by atoms with Crippen molar-refractivity contribution in [1.29, 1.82) is 5.26 Å². The molecular weight excluding hydrogens is 230 g/mol. The van der Waals surface area contributed by atoms with E-state index in [1.165, 1.54) is 0 Å². The van der Waals surface area contributed by atoms with E-state index in [0.717, 1.165) is 18.8 Å². The van der Waals surface area contributed by atoms with Crippen molar-refractivity contribution in [1.82, 2.24) is 4.98 Å². The van der Waals surface area contributed by atoms with Gasteiger partial charge in [-0.25, -0.2) is 4.98 Å². The van der Waals surface area contributed by atoms with Crippen LogP contribution >= 0.6 is 0 Å². The van der Waals surface area contributed by atoms with Crippen LogP contribution in [0.2, 0.25) is 0 Å². The Morgan fingerprint density at radius 3 is 3.06 bits per heavy atom. The Hall–Kier alpha value is -1.64. The molecule has 0 aliphatic carbocycles. The van der Waals surface area contributed by atoms with Crippen molar-refractivity contribution in [2.24, 2.45) is 0 Å². The SMILES string of the molecule is COC[C@@H]1C[C@H](OC)CN1c1cc(C#N)ccn1. The first kappa shape index (κ1) is 12.8. The molecule has 0 saturated carbocycles. The number of nitrogens with zero attached hydrogens (tertiary/aromatic N) is 3. The molecule has 5 nitrogen and oxygen atoms in total. The zero-order valence-electron chi connectivity index (χ0n) is 10.7. The molecule has 5 heteroatoms. The summed E-state index contributed by atoms with van der Waals surface area (Å²) in [5.41, 5.74) is 0.622. The van der Waals surface area contributed by atoms with E-state index in [1.807, 2.05) is 0 Å². The Morgan fingerprint density at radius 2 is 2.39 bits per heavy atom. The molecule has 0 unspecified atom stereocenters. The molecule has 18 heavy (non-hydrogen) atoms. The summed E-state index contributed by atoms with van der Waals surface area (Å²) in [5.74, 6) is 0.815.